The Bertz CT molecular complexity index is 1110. The fourth-order valence-corrected chi connectivity index (χ4v) is 7.08. The normalized spacial score (nSPS) is 13.3. The van der Waals surface area contributed by atoms with Crippen LogP contribution in [0.5, 0.6) is 0 Å². The number of quaternary nitrogens is 1. The van der Waals surface area contributed by atoms with Crippen molar-refractivity contribution in [3.05, 3.63) is 48.6 Å². The number of esters is 2. The van der Waals surface area contributed by atoms with E-state index >= 15 is 0 Å². The molecule has 0 bridgehead atoms. The molecule has 0 aliphatic heterocycles. The number of rotatable bonds is 43. The van der Waals surface area contributed by atoms with Gasteiger partial charge in [-0.1, -0.05) is 204 Å². The Morgan fingerprint density at radius 2 is 0.949 bits per heavy atom. The summed E-state index contributed by atoms with van der Waals surface area (Å²) in [4.78, 5) is 36.9. The molecule has 0 aromatic carbocycles. The number of carboxylic acids is 1. The zero-order valence-corrected chi connectivity index (χ0v) is 38.9. The highest BCUT2D eigenvalue weighted by atomic mass is 16.6. The lowest BCUT2D eigenvalue weighted by atomic mass is 10.0. The van der Waals surface area contributed by atoms with Crippen molar-refractivity contribution < 1.29 is 38.2 Å². The second kappa shape index (κ2) is 42.0. The standard InChI is InChI=1S/C51H91NO7/c1-6-8-10-12-14-16-18-20-21-22-23-24-25-26-27-28-30-32-34-36-38-40-42-50(54)59-47(45-57-44-43-48(51(55)56)52(3,4)5)46-58-49(53)41-39-37-35-33-31-29-19-17-15-13-11-9-7-2/h9,11,13,15,17,19,29,31,47-48H,6-8,10,12,14,16,18,20-28,30,32-46H2,1-5H3/b11-9+,15-13+,19-17+,31-29+. The van der Waals surface area contributed by atoms with E-state index in [2.05, 4.69) is 26.0 Å². The third kappa shape index (κ3) is 40.5. The fraction of sp³-hybridized carbons (Fsp3) is 0.784. The van der Waals surface area contributed by atoms with Crippen molar-refractivity contribution in [1.29, 1.82) is 0 Å². The van der Waals surface area contributed by atoms with E-state index in [1.807, 2.05) is 36.5 Å². The molecule has 0 saturated carbocycles. The van der Waals surface area contributed by atoms with Gasteiger partial charge >= 0.3 is 11.9 Å². The number of unbranched alkanes of at least 4 members (excludes halogenated alkanes) is 24. The number of ether oxygens (including phenoxy) is 3. The summed E-state index contributed by atoms with van der Waals surface area (Å²) < 4.78 is 17.2. The van der Waals surface area contributed by atoms with E-state index in [1.54, 1.807) is 21.1 Å². The lowest BCUT2D eigenvalue weighted by molar-refractivity contribution is -0.889. The molecule has 2 unspecified atom stereocenters. The molecule has 0 saturated heterocycles. The number of hydrogen-bond acceptors (Lipinski definition) is 7. The second-order valence-corrected chi connectivity index (χ2v) is 17.4. The maximum absolute atomic E-state index is 12.8. The van der Waals surface area contributed by atoms with Gasteiger partial charge in [0.1, 0.15) is 12.6 Å². The molecule has 0 heterocycles. The van der Waals surface area contributed by atoms with Crippen molar-refractivity contribution in [1.82, 2.24) is 0 Å². The van der Waals surface area contributed by atoms with Gasteiger partial charge in [0, 0.05) is 19.3 Å². The monoisotopic (exact) mass is 830 g/mol. The van der Waals surface area contributed by atoms with Crippen LogP contribution in [0.3, 0.4) is 0 Å². The van der Waals surface area contributed by atoms with Gasteiger partial charge in [0.05, 0.1) is 40.3 Å². The Hall–Kier alpha value is -2.71. The molecule has 342 valence electrons. The lowest BCUT2D eigenvalue weighted by Crippen LogP contribution is -2.55. The molecular formula is C51H91NO7. The number of hydrogen-bond donors (Lipinski definition) is 0. The summed E-state index contributed by atoms with van der Waals surface area (Å²) >= 11 is 0. The molecule has 0 radical (unpaired) electrons. The van der Waals surface area contributed by atoms with E-state index in [9.17, 15) is 19.5 Å². The van der Waals surface area contributed by atoms with E-state index in [0.717, 1.165) is 51.4 Å². The number of allylic oxidation sites excluding steroid dienone is 8. The molecule has 2 atom stereocenters. The van der Waals surface area contributed by atoms with Gasteiger partial charge in [0.15, 0.2) is 6.10 Å². The molecule has 0 aromatic heterocycles. The van der Waals surface area contributed by atoms with Crippen molar-refractivity contribution in [3.63, 3.8) is 0 Å². The Morgan fingerprint density at radius 1 is 0.525 bits per heavy atom. The Kier molecular flexibility index (Phi) is 40.1. The van der Waals surface area contributed by atoms with Gasteiger partial charge in [0.2, 0.25) is 0 Å². The van der Waals surface area contributed by atoms with Crippen LogP contribution in [0.15, 0.2) is 48.6 Å². The molecule has 8 heteroatoms. The molecule has 0 aliphatic rings. The second-order valence-electron chi connectivity index (χ2n) is 17.4. The molecule has 0 spiro atoms. The Morgan fingerprint density at radius 3 is 1.41 bits per heavy atom. The summed E-state index contributed by atoms with van der Waals surface area (Å²) in [5, 5.41) is 11.6. The third-order valence-corrected chi connectivity index (χ3v) is 10.8. The van der Waals surface area contributed by atoms with Crippen LogP contribution < -0.4 is 5.11 Å². The molecule has 0 rings (SSSR count). The molecule has 0 fully saturated rings. The molecule has 8 nitrogen and oxygen atoms in total. The van der Waals surface area contributed by atoms with E-state index in [0.29, 0.717) is 12.8 Å². The van der Waals surface area contributed by atoms with E-state index < -0.39 is 18.1 Å². The van der Waals surface area contributed by atoms with E-state index in [1.165, 1.54) is 122 Å². The number of carboxylic acid groups (broad SMARTS) is 1. The minimum absolute atomic E-state index is 0.0291. The first kappa shape index (κ1) is 56.3. The number of carbonyl (C=O) groups is 3. The predicted molar refractivity (Wildman–Crippen MR) is 245 cm³/mol. The highest BCUT2D eigenvalue weighted by Gasteiger charge is 2.25. The Balaban J connectivity index is 4.24. The van der Waals surface area contributed by atoms with Gasteiger partial charge in [-0.2, -0.15) is 0 Å². The molecule has 0 aliphatic carbocycles. The Labute approximate surface area is 363 Å². The molecule has 0 aromatic rings. The van der Waals surface area contributed by atoms with Crippen molar-refractivity contribution in [3.8, 4) is 0 Å². The average molecular weight is 830 g/mol. The van der Waals surface area contributed by atoms with Gasteiger partial charge in [0.25, 0.3) is 0 Å². The van der Waals surface area contributed by atoms with Gasteiger partial charge in [-0.3, -0.25) is 9.59 Å². The first-order valence-electron chi connectivity index (χ1n) is 24.2. The van der Waals surface area contributed by atoms with Crippen molar-refractivity contribution in [2.45, 2.75) is 219 Å². The zero-order chi connectivity index (χ0) is 43.5. The van der Waals surface area contributed by atoms with Gasteiger partial charge < -0.3 is 28.6 Å². The maximum Gasteiger partial charge on any atom is 0.306 e. The van der Waals surface area contributed by atoms with Crippen molar-refractivity contribution in [2.24, 2.45) is 0 Å². The summed E-state index contributed by atoms with van der Waals surface area (Å²) in [5.41, 5.74) is 0. The number of likely N-dealkylation sites (N-methyl/N-ethyl adjacent to an activating group) is 1. The first-order valence-corrected chi connectivity index (χ1v) is 24.2. The van der Waals surface area contributed by atoms with Crippen molar-refractivity contribution >= 4 is 17.9 Å². The smallest absolute Gasteiger partial charge is 0.306 e. The quantitative estimate of drug-likeness (QED) is 0.0261. The number of aliphatic carboxylic acids is 1. The minimum atomic E-state index is -1.13. The topological polar surface area (TPSA) is 102 Å². The maximum atomic E-state index is 12.8. The summed E-state index contributed by atoms with van der Waals surface area (Å²) in [7, 11) is 5.40. The fourth-order valence-electron chi connectivity index (χ4n) is 7.08. The van der Waals surface area contributed by atoms with Crippen LogP contribution in [0.25, 0.3) is 0 Å². The predicted octanol–water partition coefficient (Wildman–Crippen LogP) is 12.3. The molecule has 0 amide bonds. The van der Waals surface area contributed by atoms with Crippen LogP contribution in [0.4, 0.5) is 0 Å². The highest BCUT2D eigenvalue weighted by Crippen LogP contribution is 2.16. The third-order valence-electron chi connectivity index (χ3n) is 10.8. The molecule has 0 N–H and O–H groups in total. The zero-order valence-electron chi connectivity index (χ0n) is 38.9. The van der Waals surface area contributed by atoms with E-state index in [-0.39, 0.29) is 42.7 Å². The summed E-state index contributed by atoms with van der Waals surface area (Å²) in [6, 6.07) is -0.732. The molecular weight excluding hydrogens is 739 g/mol. The van der Waals surface area contributed by atoms with Crippen LogP contribution in [0, 0.1) is 0 Å². The number of nitrogens with zero attached hydrogens (tertiary/aromatic N) is 1. The SMILES string of the molecule is CC/C=C/C=C/C=C/C=C/CCCCCC(=O)OCC(COCCC(C(=O)[O-])[N+](C)(C)C)OC(=O)CCCCCCCCCCCCCCCCCCCCCCCC. The number of carbonyl (C=O) groups excluding carboxylic acids is 3. The first-order chi connectivity index (χ1) is 28.6. The van der Waals surface area contributed by atoms with Crippen LogP contribution in [-0.2, 0) is 28.6 Å². The van der Waals surface area contributed by atoms with Crippen LogP contribution in [0.1, 0.15) is 206 Å². The minimum Gasteiger partial charge on any atom is -0.544 e. The summed E-state index contributed by atoms with van der Waals surface area (Å²) in [6.07, 6.45) is 50.1. The molecule has 59 heavy (non-hydrogen) atoms. The largest absolute Gasteiger partial charge is 0.544 e. The van der Waals surface area contributed by atoms with Crippen LogP contribution in [-0.4, -0.2) is 75.5 Å². The van der Waals surface area contributed by atoms with Crippen LogP contribution >= 0.6 is 0 Å². The van der Waals surface area contributed by atoms with E-state index in [4.69, 9.17) is 14.2 Å². The van der Waals surface area contributed by atoms with Crippen molar-refractivity contribution in [2.75, 3.05) is 41.0 Å². The lowest BCUT2D eigenvalue weighted by Gasteiger charge is -2.34. The van der Waals surface area contributed by atoms with Crippen LogP contribution in [0.2, 0.25) is 0 Å². The highest BCUT2D eigenvalue weighted by molar-refractivity contribution is 5.70. The van der Waals surface area contributed by atoms with Gasteiger partial charge in [-0.05, 0) is 32.1 Å². The van der Waals surface area contributed by atoms with Gasteiger partial charge in [-0.15, -0.1) is 0 Å². The summed E-state index contributed by atoms with van der Waals surface area (Å²) in [5.74, 6) is -1.78. The average Bonchev–Trinajstić information content (AvgIpc) is 3.19. The summed E-state index contributed by atoms with van der Waals surface area (Å²) in [6.45, 7) is 4.50. The van der Waals surface area contributed by atoms with Gasteiger partial charge in [-0.25, -0.2) is 0 Å².